The van der Waals surface area contributed by atoms with E-state index >= 15 is 0 Å². The Labute approximate surface area is 195 Å². The molecule has 0 spiro atoms. The van der Waals surface area contributed by atoms with Crippen LogP contribution in [0.2, 0.25) is 0 Å². The monoisotopic (exact) mass is 436 g/mol. The first-order valence-electron chi connectivity index (χ1n) is 11.5. The van der Waals surface area contributed by atoms with E-state index in [0.29, 0.717) is 13.2 Å². The molecule has 2 rings (SSSR count). The van der Waals surface area contributed by atoms with Crippen LogP contribution in [0.25, 0.3) is 0 Å². The molecule has 0 saturated carbocycles. The Morgan fingerprint density at radius 2 is 1.84 bits per heavy atom. The Kier molecular flexibility index (Phi) is 10.1. The lowest BCUT2D eigenvalue weighted by Gasteiger charge is -2.32. The van der Waals surface area contributed by atoms with Crippen molar-refractivity contribution in [1.82, 2.24) is 0 Å². The number of rotatable bonds is 10. The minimum atomic E-state index is 0.281. The summed E-state index contributed by atoms with van der Waals surface area (Å²) in [7, 11) is 3.32. The van der Waals surface area contributed by atoms with Gasteiger partial charge in [0, 0.05) is 5.56 Å². The molecule has 0 saturated heterocycles. The largest absolute Gasteiger partial charge is 0.497 e. The maximum Gasteiger partial charge on any atom is 0.124 e. The lowest BCUT2D eigenvalue weighted by atomic mass is 9.72. The average Bonchev–Trinajstić information content (AvgIpc) is 2.75. The van der Waals surface area contributed by atoms with Gasteiger partial charge in [-0.25, -0.2) is 0 Å². The fraction of sp³-hybridized carbons (Fsp3) is 0.448. The molecular weight excluding hydrogens is 396 g/mol. The van der Waals surface area contributed by atoms with Gasteiger partial charge in [-0.3, -0.25) is 0 Å². The Morgan fingerprint density at radius 3 is 2.53 bits per heavy atom. The van der Waals surface area contributed by atoms with E-state index in [2.05, 4.69) is 71.1 Å². The van der Waals surface area contributed by atoms with E-state index in [4.69, 9.17) is 14.2 Å². The minimum Gasteiger partial charge on any atom is -0.497 e. The maximum atomic E-state index is 5.82. The molecule has 0 unspecified atom stereocenters. The second-order valence-electron chi connectivity index (χ2n) is 9.18. The summed E-state index contributed by atoms with van der Waals surface area (Å²) in [5.41, 5.74) is 6.71. The number of benzene rings is 1. The second kappa shape index (κ2) is 12.5. The van der Waals surface area contributed by atoms with Crippen LogP contribution in [0.3, 0.4) is 0 Å². The van der Waals surface area contributed by atoms with Crippen LogP contribution in [0.15, 0.2) is 76.9 Å². The van der Waals surface area contributed by atoms with Crippen LogP contribution in [-0.4, -0.2) is 20.8 Å². The number of allylic oxidation sites excluding steroid dienone is 9. The first kappa shape index (κ1) is 25.7. The molecule has 0 amide bonds. The molecule has 0 radical (unpaired) electrons. The van der Waals surface area contributed by atoms with Gasteiger partial charge in [-0.2, -0.15) is 0 Å². The van der Waals surface area contributed by atoms with E-state index in [1.165, 1.54) is 41.6 Å². The van der Waals surface area contributed by atoms with Crippen molar-refractivity contribution < 1.29 is 14.2 Å². The van der Waals surface area contributed by atoms with Crippen LogP contribution >= 0.6 is 0 Å². The molecule has 3 heteroatoms. The van der Waals surface area contributed by atoms with Gasteiger partial charge in [-0.15, -0.1) is 0 Å². The highest BCUT2D eigenvalue weighted by atomic mass is 16.5. The van der Waals surface area contributed by atoms with Crippen molar-refractivity contribution in [2.75, 3.05) is 20.8 Å². The summed E-state index contributed by atoms with van der Waals surface area (Å²) < 4.78 is 16.5. The molecule has 0 aliphatic heterocycles. The maximum absolute atomic E-state index is 5.82. The van der Waals surface area contributed by atoms with E-state index in [9.17, 15) is 0 Å². The van der Waals surface area contributed by atoms with E-state index < -0.39 is 0 Å². The van der Waals surface area contributed by atoms with Gasteiger partial charge in [0.05, 0.1) is 27.4 Å². The summed E-state index contributed by atoms with van der Waals surface area (Å²) in [6.07, 6.45) is 16.8. The quantitative estimate of drug-likeness (QED) is 0.277. The molecule has 32 heavy (non-hydrogen) atoms. The van der Waals surface area contributed by atoms with Gasteiger partial charge in [0.15, 0.2) is 0 Å². The molecule has 1 aromatic carbocycles. The minimum absolute atomic E-state index is 0.281. The number of hydrogen-bond acceptors (Lipinski definition) is 3. The molecule has 0 N–H and O–H groups in total. The zero-order valence-corrected chi connectivity index (χ0v) is 21.0. The van der Waals surface area contributed by atoms with Crippen molar-refractivity contribution in [2.24, 2.45) is 5.41 Å². The van der Waals surface area contributed by atoms with E-state index in [0.717, 1.165) is 17.1 Å². The topological polar surface area (TPSA) is 27.7 Å². The fourth-order valence-corrected chi connectivity index (χ4v) is 4.05. The Hall–Kier alpha value is -2.52. The van der Waals surface area contributed by atoms with Gasteiger partial charge in [0.1, 0.15) is 11.5 Å². The molecule has 3 nitrogen and oxygen atoms in total. The summed E-state index contributed by atoms with van der Waals surface area (Å²) in [6, 6.07) is 5.73. The molecule has 1 aromatic rings. The third-order valence-electron chi connectivity index (χ3n) is 6.04. The van der Waals surface area contributed by atoms with Gasteiger partial charge in [0.25, 0.3) is 0 Å². The van der Waals surface area contributed by atoms with Crippen LogP contribution in [0.1, 0.15) is 59.4 Å². The summed E-state index contributed by atoms with van der Waals surface area (Å²) in [5.74, 6) is 1.61. The van der Waals surface area contributed by atoms with Crippen molar-refractivity contribution in [1.29, 1.82) is 0 Å². The molecule has 0 atom stereocenters. The zero-order chi connectivity index (χ0) is 23.6. The zero-order valence-electron chi connectivity index (χ0n) is 21.0. The number of ether oxygens (including phenoxy) is 3. The van der Waals surface area contributed by atoms with Crippen LogP contribution in [0.4, 0.5) is 0 Å². The van der Waals surface area contributed by atoms with Gasteiger partial charge in [-0.05, 0) is 69.2 Å². The first-order chi connectivity index (χ1) is 15.3. The van der Waals surface area contributed by atoms with E-state index in [1.54, 1.807) is 14.2 Å². The standard InChI is InChI=1S/C29H40O3/c1-22(13-15-27-24(3)12-9-18-29(27,4)5)10-8-11-23(2)17-19-32-21-25-20-26(30-6)14-16-28(25)31-7/h8,10-11,13-17,20H,9,12,18-19,21H2,1-7H3/b11-8+,15-13+,22-10+,23-17+. The van der Waals surface area contributed by atoms with Crippen molar-refractivity contribution in [3.05, 3.63) is 82.5 Å². The SMILES string of the molecule is COc1ccc(OC)c(COC/C=C(C)/C=C/C=C(C)/C=C/C2=C(C)CCCC2(C)C)c1. The Balaban J connectivity index is 1.87. The van der Waals surface area contributed by atoms with Crippen LogP contribution in [0.5, 0.6) is 11.5 Å². The normalized spacial score (nSPS) is 17.5. The van der Waals surface area contributed by atoms with Crippen molar-refractivity contribution in [3.8, 4) is 11.5 Å². The highest BCUT2D eigenvalue weighted by molar-refractivity contribution is 5.40. The Bertz CT molecular complexity index is 910. The lowest BCUT2D eigenvalue weighted by molar-refractivity contribution is 0.145. The fourth-order valence-electron chi connectivity index (χ4n) is 4.05. The summed E-state index contributed by atoms with van der Waals surface area (Å²) in [4.78, 5) is 0. The third kappa shape index (κ3) is 7.87. The van der Waals surface area contributed by atoms with Crippen LogP contribution < -0.4 is 9.47 Å². The van der Waals surface area contributed by atoms with Gasteiger partial charge in [-0.1, -0.05) is 67.0 Å². The van der Waals surface area contributed by atoms with Crippen LogP contribution in [0, 0.1) is 5.41 Å². The van der Waals surface area contributed by atoms with Crippen molar-refractivity contribution in [3.63, 3.8) is 0 Å². The molecule has 0 aromatic heterocycles. The number of methoxy groups -OCH3 is 2. The smallest absolute Gasteiger partial charge is 0.124 e. The highest BCUT2D eigenvalue weighted by Crippen LogP contribution is 2.40. The molecule has 1 aliphatic rings. The van der Waals surface area contributed by atoms with Gasteiger partial charge < -0.3 is 14.2 Å². The molecule has 0 heterocycles. The molecular formula is C29H40O3. The second-order valence-corrected chi connectivity index (χ2v) is 9.18. The summed E-state index contributed by atoms with van der Waals surface area (Å²) >= 11 is 0. The predicted molar refractivity (Wildman–Crippen MR) is 135 cm³/mol. The third-order valence-corrected chi connectivity index (χ3v) is 6.04. The van der Waals surface area contributed by atoms with Crippen LogP contribution in [-0.2, 0) is 11.3 Å². The van der Waals surface area contributed by atoms with E-state index in [1.807, 2.05) is 18.2 Å². The van der Waals surface area contributed by atoms with E-state index in [-0.39, 0.29) is 5.41 Å². The molecule has 1 aliphatic carbocycles. The highest BCUT2D eigenvalue weighted by Gasteiger charge is 2.26. The molecule has 0 fully saturated rings. The predicted octanol–water partition coefficient (Wildman–Crippen LogP) is 7.75. The number of hydrogen-bond donors (Lipinski definition) is 0. The molecule has 174 valence electrons. The average molecular weight is 437 g/mol. The summed E-state index contributed by atoms with van der Waals surface area (Å²) in [5, 5.41) is 0. The van der Waals surface area contributed by atoms with Gasteiger partial charge in [0.2, 0.25) is 0 Å². The van der Waals surface area contributed by atoms with Crippen molar-refractivity contribution >= 4 is 0 Å². The van der Waals surface area contributed by atoms with Crippen molar-refractivity contribution in [2.45, 2.75) is 60.5 Å². The first-order valence-corrected chi connectivity index (χ1v) is 11.5. The van der Waals surface area contributed by atoms with Gasteiger partial charge >= 0.3 is 0 Å². The lowest BCUT2D eigenvalue weighted by Crippen LogP contribution is -2.19. The molecule has 0 bridgehead atoms. The Morgan fingerprint density at radius 1 is 1.06 bits per heavy atom. The summed E-state index contributed by atoms with van der Waals surface area (Å²) in [6.45, 7) is 12.2.